The van der Waals surface area contributed by atoms with E-state index in [4.69, 9.17) is 14.2 Å². The van der Waals surface area contributed by atoms with Crippen LogP contribution in [0, 0.1) is 0 Å². The summed E-state index contributed by atoms with van der Waals surface area (Å²) in [5.74, 6) is -3.85. The van der Waals surface area contributed by atoms with Gasteiger partial charge in [0.1, 0.15) is 18.8 Å². The predicted octanol–water partition coefficient (Wildman–Crippen LogP) is 1.28. The van der Waals surface area contributed by atoms with Crippen LogP contribution >= 0.6 is 0 Å². The zero-order valence-electron chi connectivity index (χ0n) is 26.3. The molecule has 2 aromatic carbocycles. The van der Waals surface area contributed by atoms with Crippen LogP contribution in [-0.4, -0.2) is 71.3 Å². The molecular weight excluding hydrogens is 586 g/mol. The average Bonchev–Trinajstić information content (AvgIpc) is 2.96. The van der Waals surface area contributed by atoms with E-state index in [0.717, 1.165) is 0 Å². The molecule has 45 heavy (non-hydrogen) atoms. The minimum Gasteiger partial charge on any atom is -0.548 e. The van der Waals surface area contributed by atoms with E-state index in [1.165, 1.54) is 18.7 Å². The summed E-state index contributed by atoms with van der Waals surface area (Å²) in [7, 11) is 0. The molecule has 0 aliphatic rings. The highest BCUT2D eigenvalue weighted by Gasteiger charge is 2.33. The van der Waals surface area contributed by atoms with E-state index < -0.39 is 46.8 Å². The van der Waals surface area contributed by atoms with E-state index in [1.807, 2.05) is 0 Å². The van der Waals surface area contributed by atoms with Gasteiger partial charge in [-0.15, -0.1) is 0 Å². The van der Waals surface area contributed by atoms with Crippen molar-refractivity contribution in [3.05, 3.63) is 71.8 Å². The summed E-state index contributed by atoms with van der Waals surface area (Å²) in [6.45, 7) is 6.70. The number of nitrogens with one attached hydrogen (secondary N) is 2. The van der Waals surface area contributed by atoms with Crippen LogP contribution in [0.25, 0.3) is 0 Å². The summed E-state index contributed by atoms with van der Waals surface area (Å²) in [5.41, 5.74) is -3.27. The van der Waals surface area contributed by atoms with Crippen molar-refractivity contribution in [2.75, 3.05) is 19.6 Å². The van der Waals surface area contributed by atoms with Gasteiger partial charge >= 0.3 is 18.2 Å². The fourth-order valence-electron chi connectivity index (χ4n) is 3.99. The van der Waals surface area contributed by atoms with E-state index in [2.05, 4.69) is 10.6 Å². The number of carbonyl (C=O) groups is 5. The number of carboxylic acid groups (broad SMARTS) is 2. The second-order valence-corrected chi connectivity index (χ2v) is 12.0. The number of esters is 1. The maximum atomic E-state index is 12.7. The first kappa shape index (κ1) is 36.5. The Morgan fingerprint density at radius 1 is 0.667 bits per heavy atom. The van der Waals surface area contributed by atoms with E-state index in [1.54, 1.807) is 81.4 Å². The number of hydrogen-bond donors (Lipinski definition) is 2. The topological polar surface area (TPSA) is 186 Å². The van der Waals surface area contributed by atoms with Gasteiger partial charge in [0.2, 0.25) is 0 Å². The van der Waals surface area contributed by atoms with Gasteiger partial charge in [-0.1, -0.05) is 60.7 Å². The lowest BCUT2D eigenvalue weighted by molar-refractivity contribution is -0.314. The molecule has 13 nitrogen and oxygen atoms in total. The van der Waals surface area contributed by atoms with E-state index in [9.17, 15) is 34.2 Å². The molecule has 2 aromatic rings. The second kappa shape index (κ2) is 16.4. The zero-order valence-corrected chi connectivity index (χ0v) is 26.3. The van der Waals surface area contributed by atoms with Gasteiger partial charge in [0.15, 0.2) is 0 Å². The second-order valence-electron chi connectivity index (χ2n) is 12.0. The molecule has 2 unspecified atom stereocenters. The summed E-state index contributed by atoms with van der Waals surface area (Å²) in [6.07, 6.45) is -2.50. The van der Waals surface area contributed by atoms with Gasteiger partial charge in [-0.05, 0) is 58.6 Å². The number of ether oxygens (including phenoxy) is 3. The first-order valence-electron chi connectivity index (χ1n) is 14.4. The maximum Gasteiger partial charge on any atom is 0.408 e. The normalized spacial score (nSPS) is 13.9. The van der Waals surface area contributed by atoms with Crippen molar-refractivity contribution in [1.82, 2.24) is 15.5 Å². The van der Waals surface area contributed by atoms with Crippen LogP contribution in [0.1, 0.15) is 58.6 Å². The van der Waals surface area contributed by atoms with Gasteiger partial charge in [0.05, 0.1) is 29.6 Å². The van der Waals surface area contributed by atoms with Crippen molar-refractivity contribution in [2.24, 2.45) is 0 Å². The lowest BCUT2D eigenvalue weighted by Gasteiger charge is -2.36. The van der Waals surface area contributed by atoms with E-state index >= 15 is 0 Å². The number of benzene rings is 2. The number of nitrogens with zero attached hydrogens (tertiary/aromatic N) is 1. The standard InChI is InChI=1S/C32H43N3O10/c1-30(2,3)45-25(36)20-35(18-16-31(4,26(37)38)33-28(41)43-21-23-12-8-6-9-13-23)19-17-32(5,27(39)40)34-29(42)44-22-24-14-10-7-11-15-24/h6-15H,16-22H2,1-5H3,(H,33,41)(H,34,42)(H,37,38)(H,39,40)/p-2. The van der Waals surface area contributed by atoms with Crippen molar-refractivity contribution in [3.63, 3.8) is 0 Å². The van der Waals surface area contributed by atoms with Crippen molar-refractivity contribution < 1.29 is 48.4 Å². The van der Waals surface area contributed by atoms with Gasteiger partial charge in [-0.3, -0.25) is 9.69 Å². The van der Waals surface area contributed by atoms with Gasteiger partial charge in [-0.25, -0.2) is 9.59 Å². The molecule has 246 valence electrons. The van der Waals surface area contributed by atoms with Crippen LogP contribution < -0.4 is 20.8 Å². The maximum absolute atomic E-state index is 12.7. The van der Waals surface area contributed by atoms with Gasteiger partial charge < -0.3 is 44.6 Å². The molecule has 2 atom stereocenters. The first-order valence-corrected chi connectivity index (χ1v) is 14.4. The molecule has 0 aromatic heterocycles. The van der Waals surface area contributed by atoms with Crippen molar-refractivity contribution in [2.45, 2.75) is 77.4 Å². The van der Waals surface area contributed by atoms with E-state index in [-0.39, 0.29) is 45.7 Å². The Balaban J connectivity index is 2.11. The van der Waals surface area contributed by atoms with Crippen LogP contribution in [-0.2, 0) is 41.8 Å². The Bertz CT molecular complexity index is 1210. The predicted molar refractivity (Wildman–Crippen MR) is 158 cm³/mol. The third kappa shape index (κ3) is 13.3. The molecule has 0 fully saturated rings. The molecule has 2 N–H and O–H groups in total. The minimum absolute atomic E-state index is 0.0941. The third-order valence-electron chi connectivity index (χ3n) is 6.71. The van der Waals surface area contributed by atoms with Gasteiger partial charge in [0, 0.05) is 13.1 Å². The minimum atomic E-state index is -1.92. The Kier molecular flexibility index (Phi) is 13.3. The molecule has 0 bridgehead atoms. The monoisotopic (exact) mass is 627 g/mol. The van der Waals surface area contributed by atoms with Crippen LogP contribution in [0.4, 0.5) is 9.59 Å². The molecular formula is C32H41N3O10-2. The van der Waals surface area contributed by atoms with Crippen molar-refractivity contribution in [1.29, 1.82) is 0 Å². The van der Waals surface area contributed by atoms with Crippen LogP contribution in [0.3, 0.4) is 0 Å². The van der Waals surface area contributed by atoms with E-state index in [0.29, 0.717) is 11.1 Å². The molecule has 2 rings (SSSR count). The van der Waals surface area contributed by atoms with Crippen molar-refractivity contribution >= 4 is 30.1 Å². The first-order chi connectivity index (χ1) is 21.0. The molecule has 2 amide bonds. The molecule has 0 aliphatic heterocycles. The van der Waals surface area contributed by atoms with Crippen LogP contribution in [0.2, 0.25) is 0 Å². The Morgan fingerprint density at radius 2 is 1.04 bits per heavy atom. The molecule has 0 saturated heterocycles. The Hall–Kier alpha value is -4.65. The highest BCUT2D eigenvalue weighted by molar-refractivity contribution is 5.83. The number of alkyl carbamates (subject to hydrolysis) is 2. The van der Waals surface area contributed by atoms with Gasteiger partial charge in [-0.2, -0.15) is 0 Å². The summed E-state index contributed by atoms with van der Waals surface area (Å²) < 4.78 is 15.7. The number of carbonyl (C=O) groups excluding carboxylic acids is 5. The lowest BCUT2D eigenvalue weighted by Crippen LogP contribution is -2.60. The summed E-state index contributed by atoms with van der Waals surface area (Å²) in [6, 6.07) is 17.6. The quantitative estimate of drug-likeness (QED) is 0.202. The smallest absolute Gasteiger partial charge is 0.408 e. The fraction of sp³-hybridized carbons (Fsp3) is 0.469. The highest BCUT2D eigenvalue weighted by Crippen LogP contribution is 2.16. The van der Waals surface area contributed by atoms with Crippen LogP contribution in [0.5, 0.6) is 0 Å². The number of hydrogen-bond acceptors (Lipinski definition) is 11. The molecule has 0 heterocycles. The third-order valence-corrected chi connectivity index (χ3v) is 6.71. The van der Waals surface area contributed by atoms with Crippen molar-refractivity contribution in [3.8, 4) is 0 Å². The molecule has 0 spiro atoms. The molecule has 0 radical (unpaired) electrons. The number of rotatable bonds is 16. The largest absolute Gasteiger partial charge is 0.548 e. The highest BCUT2D eigenvalue weighted by atomic mass is 16.6. The molecule has 0 aliphatic carbocycles. The number of carboxylic acids is 2. The Labute approximate surface area is 262 Å². The Morgan fingerprint density at radius 3 is 1.38 bits per heavy atom. The summed E-state index contributed by atoms with van der Waals surface area (Å²) in [5, 5.41) is 28.8. The fourth-order valence-corrected chi connectivity index (χ4v) is 3.99. The van der Waals surface area contributed by atoms with Crippen LogP contribution in [0.15, 0.2) is 60.7 Å². The average molecular weight is 628 g/mol. The number of aliphatic carboxylic acids is 2. The zero-order chi connectivity index (χ0) is 33.7. The van der Waals surface area contributed by atoms with Gasteiger partial charge in [0.25, 0.3) is 0 Å². The molecule has 0 saturated carbocycles. The summed E-state index contributed by atoms with van der Waals surface area (Å²) in [4.78, 5) is 63.3. The summed E-state index contributed by atoms with van der Waals surface area (Å²) >= 11 is 0. The number of amides is 2. The SMILES string of the molecule is CC(C)(C)OC(=O)CN(CCC(C)(NC(=O)OCc1ccccc1)C(=O)[O-])CCC(C)(NC(=O)OCc1ccccc1)C(=O)[O-]. The molecule has 13 heteroatoms. The lowest BCUT2D eigenvalue weighted by atomic mass is 9.96.